The van der Waals surface area contributed by atoms with Crippen LogP contribution in [0.25, 0.3) is 0 Å². The van der Waals surface area contributed by atoms with Gasteiger partial charge in [-0.3, -0.25) is 0 Å². The number of halogens is 2. The number of hydrogen-bond acceptors (Lipinski definition) is 0. The zero-order valence-electron chi connectivity index (χ0n) is 6.77. The molecule has 62 valence electrons. The Morgan fingerprint density at radius 2 is 2.09 bits per heavy atom. The summed E-state index contributed by atoms with van der Waals surface area (Å²) in [7, 11) is 0. The highest BCUT2D eigenvalue weighted by Crippen LogP contribution is 2.06. The lowest BCUT2D eigenvalue weighted by molar-refractivity contribution is 0.429. The van der Waals surface area contributed by atoms with Gasteiger partial charge in [-0.1, -0.05) is 6.58 Å². The fraction of sp³-hybridized carbons (Fsp3) is 0.333. The lowest BCUT2D eigenvalue weighted by Gasteiger charge is -1.93. The Balaban J connectivity index is 4.26. The zero-order valence-corrected chi connectivity index (χ0v) is 6.77. The summed E-state index contributed by atoms with van der Waals surface area (Å²) in [6, 6.07) is 0. The first-order chi connectivity index (χ1) is 5.06. The molecule has 0 bridgehead atoms. The molecule has 0 N–H and O–H groups in total. The second kappa shape index (κ2) is 4.83. The molecule has 1 unspecified atom stereocenters. The van der Waals surface area contributed by atoms with Gasteiger partial charge in [0.25, 0.3) is 0 Å². The smallest absolute Gasteiger partial charge is 0.122 e. The average molecular weight is 158 g/mol. The van der Waals surface area contributed by atoms with E-state index in [2.05, 4.69) is 6.58 Å². The number of allylic oxidation sites excluding steroid dienone is 5. The van der Waals surface area contributed by atoms with Crippen LogP contribution in [0.5, 0.6) is 0 Å². The van der Waals surface area contributed by atoms with Crippen molar-refractivity contribution in [2.24, 2.45) is 0 Å². The van der Waals surface area contributed by atoms with Crippen molar-refractivity contribution in [2.75, 3.05) is 0 Å². The lowest BCUT2D eigenvalue weighted by atomic mass is 10.2. The molecule has 0 spiro atoms. The van der Waals surface area contributed by atoms with Gasteiger partial charge in [-0.2, -0.15) is 0 Å². The van der Waals surface area contributed by atoms with Crippen molar-refractivity contribution in [3.8, 4) is 0 Å². The monoisotopic (exact) mass is 158 g/mol. The molecule has 0 nitrogen and oxygen atoms in total. The maximum Gasteiger partial charge on any atom is 0.122 e. The summed E-state index contributed by atoms with van der Waals surface area (Å²) in [4.78, 5) is 0. The third-order valence-corrected chi connectivity index (χ3v) is 1.05. The third kappa shape index (κ3) is 5.52. The van der Waals surface area contributed by atoms with Gasteiger partial charge in [0.2, 0.25) is 0 Å². The van der Waals surface area contributed by atoms with Gasteiger partial charge in [0.15, 0.2) is 0 Å². The molecule has 0 rings (SSSR count). The molecule has 0 aliphatic rings. The molecule has 0 aliphatic carbocycles. The molecule has 0 heterocycles. The van der Waals surface area contributed by atoms with Gasteiger partial charge in [-0.15, -0.1) is 0 Å². The second-order valence-corrected chi connectivity index (χ2v) is 2.32. The maximum absolute atomic E-state index is 12.4. The van der Waals surface area contributed by atoms with Crippen molar-refractivity contribution in [1.29, 1.82) is 0 Å². The molecular weight excluding hydrogens is 146 g/mol. The van der Waals surface area contributed by atoms with Crippen LogP contribution in [0.4, 0.5) is 8.78 Å². The van der Waals surface area contributed by atoms with E-state index >= 15 is 0 Å². The Labute approximate surface area is 65.9 Å². The third-order valence-electron chi connectivity index (χ3n) is 1.05. The van der Waals surface area contributed by atoms with Crippen LogP contribution in [-0.4, -0.2) is 6.17 Å². The second-order valence-electron chi connectivity index (χ2n) is 2.32. The Bertz CT molecular complexity index is 188. The van der Waals surface area contributed by atoms with E-state index in [-0.39, 0.29) is 0 Å². The van der Waals surface area contributed by atoms with Crippen LogP contribution in [0, 0.1) is 0 Å². The Morgan fingerprint density at radius 1 is 1.55 bits per heavy atom. The summed E-state index contributed by atoms with van der Waals surface area (Å²) in [6.45, 7) is 6.26. The largest absolute Gasteiger partial charge is 0.243 e. The number of alkyl halides is 1. The van der Waals surface area contributed by atoms with Crippen LogP contribution in [-0.2, 0) is 0 Å². The SMILES string of the molecule is C=C/C(F)=C\C(C)=C/C(C)F. The minimum absolute atomic E-state index is 0.445. The molecule has 0 aromatic carbocycles. The van der Waals surface area contributed by atoms with Crippen LogP contribution in [0.3, 0.4) is 0 Å². The van der Waals surface area contributed by atoms with Gasteiger partial charge in [0.1, 0.15) is 12.0 Å². The standard InChI is InChI=1S/C9H12F2/c1-4-9(11)6-7(2)5-8(3)10/h4-6,8H,1H2,2-3H3/b7-5-,9-6+. The molecule has 1 atom stereocenters. The minimum Gasteiger partial charge on any atom is -0.243 e. The van der Waals surface area contributed by atoms with Crippen molar-refractivity contribution < 1.29 is 8.78 Å². The minimum atomic E-state index is -1.04. The van der Waals surface area contributed by atoms with Gasteiger partial charge < -0.3 is 0 Å². The van der Waals surface area contributed by atoms with Crippen LogP contribution < -0.4 is 0 Å². The fourth-order valence-corrected chi connectivity index (χ4v) is 0.687. The summed E-state index contributed by atoms with van der Waals surface area (Å²) < 4.78 is 24.7. The molecule has 0 aromatic heterocycles. The van der Waals surface area contributed by atoms with E-state index in [1.54, 1.807) is 6.92 Å². The predicted molar refractivity (Wildman–Crippen MR) is 43.7 cm³/mol. The molecule has 2 heteroatoms. The van der Waals surface area contributed by atoms with E-state index in [0.717, 1.165) is 6.08 Å². The molecule has 0 aromatic rings. The van der Waals surface area contributed by atoms with Crippen molar-refractivity contribution in [3.05, 3.63) is 36.2 Å². The predicted octanol–water partition coefficient (Wildman–Crippen LogP) is 3.33. The van der Waals surface area contributed by atoms with Gasteiger partial charge in [-0.25, -0.2) is 8.78 Å². The summed E-state index contributed by atoms with van der Waals surface area (Å²) in [5, 5.41) is 0. The normalized spacial score (nSPS) is 16.4. The van der Waals surface area contributed by atoms with Crippen molar-refractivity contribution in [2.45, 2.75) is 20.0 Å². The van der Waals surface area contributed by atoms with Crippen LogP contribution >= 0.6 is 0 Å². The highest BCUT2D eigenvalue weighted by Gasteiger charge is 1.92. The first kappa shape index (κ1) is 10.1. The molecular formula is C9H12F2. The molecule has 0 saturated carbocycles. The first-order valence-corrected chi connectivity index (χ1v) is 3.38. The Hall–Kier alpha value is -0.920. The van der Waals surface area contributed by atoms with Crippen molar-refractivity contribution in [3.63, 3.8) is 0 Å². The lowest BCUT2D eigenvalue weighted by Crippen LogP contribution is -1.85. The molecule has 0 amide bonds. The average Bonchev–Trinajstić information content (AvgIpc) is 1.85. The summed E-state index contributed by atoms with van der Waals surface area (Å²) in [5.41, 5.74) is 0.567. The van der Waals surface area contributed by atoms with E-state index < -0.39 is 12.0 Å². The van der Waals surface area contributed by atoms with Gasteiger partial charge in [0, 0.05) is 0 Å². The van der Waals surface area contributed by atoms with E-state index in [0.29, 0.717) is 5.57 Å². The summed E-state index contributed by atoms with van der Waals surface area (Å²) in [5.74, 6) is -0.445. The number of rotatable bonds is 3. The van der Waals surface area contributed by atoms with E-state index in [4.69, 9.17) is 0 Å². The van der Waals surface area contributed by atoms with E-state index in [1.807, 2.05) is 0 Å². The topological polar surface area (TPSA) is 0 Å². The van der Waals surface area contributed by atoms with Crippen LogP contribution in [0.15, 0.2) is 36.2 Å². The van der Waals surface area contributed by atoms with Crippen molar-refractivity contribution >= 4 is 0 Å². The molecule has 0 radical (unpaired) electrons. The highest BCUT2D eigenvalue weighted by atomic mass is 19.1. The maximum atomic E-state index is 12.4. The highest BCUT2D eigenvalue weighted by molar-refractivity contribution is 5.24. The Kier molecular flexibility index (Phi) is 4.42. The van der Waals surface area contributed by atoms with Gasteiger partial charge >= 0.3 is 0 Å². The molecule has 11 heavy (non-hydrogen) atoms. The van der Waals surface area contributed by atoms with E-state index in [9.17, 15) is 8.78 Å². The fourth-order valence-electron chi connectivity index (χ4n) is 0.687. The van der Waals surface area contributed by atoms with Crippen LogP contribution in [0.1, 0.15) is 13.8 Å². The molecule has 0 aliphatic heterocycles. The summed E-state index contributed by atoms with van der Waals surface area (Å²) in [6.07, 6.45) is 2.62. The first-order valence-electron chi connectivity index (χ1n) is 3.38. The van der Waals surface area contributed by atoms with Crippen LogP contribution in [0.2, 0.25) is 0 Å². The van der Waals surface area contributed by atoms with E-state index in [1.165, 1.54) is 19.1 Å². The summed E-state index contributed by atoms with van der Waals surface area (Å²) >= 11 is 0. The van der Waals surface area contributed by atoms with Crippen molar-refractivity contribution in [1.82, 2.24) is 0 Å². The zero-order chi connectivity index (χ0) is 8.85. The number of hydrogen-bond donors (Lipinski definition) is 0. The van der Waals surface area contributed by atoms with Gasteiger partial charge in [-0.05, 0) is 37.6 Å². The quantitative estimate of drug-likeness (QED) is 0.552. The molecule has 0 fully saturated rings. The molecule has 0 saturated heterocycles. The van der Waals surface area contributed by atoms with Gasteiger partial charge in [0.05, 0.1) is 0 Å². The Morgan fingerprint density at radius 3 is 2.45 bits per heavy atom.